The van der Waals surface area contributed by atoms with Crippen molar-refractivity contribution in [3.05, 3.63) is 29.8 Å². The number of aryl methyl sites for hydroxylation is 1. The molecule has 0 spiro atoms. The number of ether oxygens (including phenoxy) is 1. The number of likely N-dealkylation sites (N-methyl/N-ethyl adjacent to an activating group) is 1. The van der Waals surface area contributed by atoms with Crippen LogP contribution in [0.25, 0.3) is 0 Å². The minimum absolute atomic E-state index is 0.0820. The summed E-state index contributed by atoms with van der Waals surface area (Å²) in [5.74, 6) is 0.617. The highest BCUT2D eigenvalue weighted by atomic mass is 19.4. The summed E-state index contributed by atoms with van der Waals surface area (Å²) >= 11 is 0. The van der Waals surface area contributed by atoms with E-state index < -0.39 is 18.8 Å². The lowest BCUT2D eigenvalue weighted by molar-refractivity contribution is -0.189. The quantitative estimate of drug-likeness (QED) is 0.865. The minimum atomic E-state index is -4.44. The van der Waals surface area contributed by atoms with E-state index in [1.165, 1.54) is 7.05 Å². The first-order chi connectivity index (χ1) is 8.84. The maximum atomic E-state index is 12.5. The topological polar surface area (TPSA) is 32.7 Å². The van der Waals surface area contributed by atoms with Gasteiger partial charge >= 0.3 is 6.18 Å². The standard InChI is InChI=1S/C13H18F3NO2/c1-10-3-5-11(6-4-10)19-8-7-17(2)12(9-18)13(14,15)16/h3-6,12,18H,7-9H2,1-2H3. The molecule has 0 amide bonds. The van der Waals surface area contributed by atoms with Gasteiger partial charge < -0.3 is 9.84 Å². The number of aliphatic hydroxyl groups excluding tert-OH is 1. The van der Waals surface area contributed by atoms with Crippen molar-refractivity contribution >= 4 is 0 Å². The minimum Gasteiger partial charge on any atom is -0.492 e. The number of aliphatic hydroxyl groups is 1. The zero-order chi connectivity index (χ0) is 14.5. The highest BCUT2D eigenvalue weighted by molar-refractivity contribution is 5.26. The molecule has 0 aromatic heterocycles. The molecular weight excluding hydrogens is 259 g/mol. The zero-order valence-corrected chi connectivity index (χ0v) is 10.9. The first-order valence-corrected chi connectivity index (χ1v) is 5.92. The third-order valence-corrected chi connectivity index (χ3v) is 2.82. The largest absolute Gasteiger partial charge is 0.492 e. The van der Waals surface area contributed by atoms with Gasteiger partial charge in [0.15, 0.2) is 0 Å². The summed E-state index contributed by atoms with van der Waals surface area (Å²) in [5.41, 5.74) is 1.09. The average Bonchev–Trinajstić information content (AvgIpc) is 2.30. The van der Waals surface area contributed by atoms with Crippen LogP contribution in [0.4, 0.5) is 13.2 Å². The van der Waals surface area contributed by atoms with Crippen LogP contribution in [0, 0.1) is 6.92 Å². The fourth-order valence-corrected chi connectivity index (χ4v) is 1.59. The first kappa shape index (κ1) is 15.8. The summed E-state index contributed by atoms with van der Waals surface area (Å²) < 4.78 is 42.9. The number of rotatable bonds is 6. The molecule has 1 rings (SSSR count). The molecule has 6 heteroatoms. The van der Waals surface area contributed by atoms with Crippen LogP contribution in [-0.2, 0) is 0 Å². The lowest BCUT2D eigenvalue weighted by Crippen LogP contribution is -2.47. The Bertz CT molecular complexity index is 378. The third kappa shape index (κ3) is 5.08. The normalized spacial score (nSPS) is 13.6. The van der Waals surface area contributed by atoms with Gasteiger partial charge in [-0.05, 0) is 26.1 Å². The van der Waals surface area contributed by atoms with Crippen molar-refractivity contribution in [3.63, 3.8) is 0 Å². The summed E-state index contributed by atoms with van der Waals surface area (Å²) in [6.45, 7) is 1.20. The Morgan fingerprint density at radius 1 is 1.26 bits per heavy atom. The lowest BCUT2D eigenvalue weighted by Gasteiger charge is -2.28. The smallest absolute Gasteiger partial charge is 0.406 e. The number of benzene rings is 1. The SMILES string of the molecule is Cc1ccc(OCCN(C)C(CO)C(F)(F)F)cc1. The van der Waals surface area contributed by atoms with E-state index >= 15 is 0 Å². The molecule has 0 aliphatic carbocycles. The summed E-state index contributed by atoms with van der Waals surface area (Å²) in [5, 5.41) is 8.78. The second kappa shape index (κ2) is 6.77. The van der Waals surface area contributed by atoms with Crippen molar-refractivity contribution in [3.8, 4) is 5.75 Å². The molecular formula is C13H18F3NO2. The molecule has 1 aromatic carbocycles. The Labute approximate surface area is 110 Å². The Balaban J connectivity index is 2.41. The molecule has 0 heterocycles. The molecule has 0 saturated carbocycles. The molecule has 108 valence electrons. The van der Waals surface area contributed by atoms with Crippen LogP contribution in [0.1, 0.15) is 5.56 Å². The first-order valence-electron chi connectivity index (χ1n) is 5.92. The monoisotopic (exact) mass is 277 g/mol. The number of nitrogens with zero attached hydrogens (tertiary/aromatic N) is 1. The summed E-state index contributed by atoms with van der Waals surface area (Å²) in [4.78, 5) is 1.04. The molecule has 3 nitrogen and oxygen atoms in total. The Hall–Kier alpha value is -1.27. The average molecular weight is 277 g/mol. The van der Waals surface area contributed by atoms with Gasteiger partial charge in [0.2, 0.25) is 0 Å². The van der Waals surface area contributed by atoms with E-state index in [1.54, 1.807) is 12.1 Å². The molecule has 0 bridgehead atoms. The van der Waals surface area contributed by atoms with Crippen molar-refractivity contribution < 1.29 is 23.0 Å². The number of alkyl halides is 3. The van der Waals surface area contributed by atoms with Crippen molar-refractivity contribution in [1.82, 2.24) is 4.90 Å². The van der Waals surface area contributed by atoms with E-state index in [2.05, 4.69) is 0 Å². The fourth-order valence-electron chi connectivity index (χ4n) is 1.59. The van der Waals surface area contributed by atoms with Crippen LogP contribution in [0.3, 0.4) is 0 Å². The number of hydrogen-bond acceptors (Lipinski definition) is 3. The van der Waals surface area contributed by atoms with Gasteiger partial charge in [-0.15, -0.1) is 0 Å². The predicted octanol–water partition coefficient (Wildman–Crippen LogP) is 2.23. The molecule has 1 atom stereocenters. The van der Waals surface area contributed by atoms with Crippen LogP contribution in [0.2, 0.25) is 0 Å². The number of hydrogen-bond donors (Lipinski definition) is 1. The second-order valence-corrected chi connectivity index (χ2v) is 4.38. The molecule has 0 saturated heterocycles. The van der Waals surface area contributed by atoms with Gasteiger partial charge in [-0.1, -0.05) is 17.7 Å². The zero-order valence-electron chi connectivity index (χ0n) is 10.9. The van der Waals surface area contributed by atoms with Crippen LogP contribution in [0.5, 0.6) is 5.75 Å². The maximum Gasteiger partial charge on any atom is 0.406 e. The van der Waals surface area contributed by atoms with Crippen LogP contribution < -0.4 is 4.74 Å². The molecule has 1 unspecified atom stereocenters. The van der Waals surface area contributed by atoms with E-state index in [9.17, 15) is 13.2 Å². The molecule has 0 radical (unpaired) electrons. The van der Waals surface area contributed by atoms with Crippen molar-refractivity contribution in [2.75, 3.05) is 26.8 Å². The summed E-state index contributed by atoms with van der Waals surface area (Å²) in [6.07, 6.45) is -4.44. The predicted molar refractivity (Wildman–Crippen MR) is 66.2 cm³/mol. The van der Waals surface area contributed by atoms with E-state index in [4.69, 9.17) is 9.84 Å². The maximum absolute atomic E-state index is 12.5. The van der Waals surface area contributed by atoms with Gasteiger partial charge in [0, 0.05) is 6.54 Å². The van der Waals surface area contributed by atoms with Gasteiger partial charge in [-0.3, -0.25) is 4.90 Å². The van der Waals surface area contributed by atoms with Gasteiger partial charge in [0.1, 0.15) is 18.4 Å². The van der Waals surface area contributed by atoms with Gasteiger partial charge in [-0.2, -0.15) is 13.2 Å². The lowest BCUT2D eigenvalue weighted by atomic mass is 10.2. The number of halogens is 3. The van der Waals surface area contributed by atoms with Crippen LogP contribution in [0.15, 0.2) is 24.3 Å². The Morgan fingerprint density at radius 3 is 2.32 bits per heavy atom. The van der Waals surface area contributed by atoms with E-state index in [0.29, 0.717) is 5.75 Å². The molecule has 1 aromatic rings. The molecule has 0 aliphatic heterocycles. The Kier molecular flexibility index (Phi) is 5.62. The highest BCUT2D eigenvalue weighted by Crippen LogP contribution is 2.23. The highest BCUT2D eigenvalue weighted by Gasteiger charge is 2.41. The fraction of sp³-hybridized carbons (Fsp3) is 0.538. The van der Waals surface area contributed by atoms with Crippen LogP contribution in [-0.4, -0.2) is 49.0 Å². The van der Waals surface area contributed by atoms with Gasteiger partial charge in [0.05, 0.1) is 6.61 Å². The molecule has 19 heavy (non-hydrogen) atoms. The Morgan fingerprint density at radius 2 is 1.84 bits per heavy atom. The van der Waals surface area contributed by atoms with E-state index in [0.717, 1.165) is 10.5 Å². The molecule has 0 aliphatic rings. The van der Waals surface area contributed by atoms with E-state index in [1.807, 2.05) is 19.1 Å². The molecule has 1 N–H and O–H groups in total. The summed E-state index contributed by atoms with van der Waals surface area (Å²) in [7, 11) is 1.31. The van der Waals surface area contributed by atoms with Crippen molar-refractivity contribution in [2.24, 2.45) is 0 Å². The second-order valence-electron chi connectivity index (χ2n) is 4.38. The van der Waals surface area contributed by atoms with Gasteiger partial charge in [0.25, 0.3) is 0 Å². The van der Waals surface area contributed by atoms with Crippen LogP contribution >= 0.6 is 0 Å². The van der Waals surface area contributed by atoms with Crippen molar-refractivity contribution in [1.29, 1.82) is 0 Å². The van der Waals surface area contributed by atoms with Crippen molar-refractivity contribution in [2.45, 2.75) is 19.1 Å². The summed E-state index contributed by atoms with van der Waals surface area (Å²) in [6, 6.07) is 5.41. The molecule has 0 fully saturated rings. The third-order valence-electron chi connectivity index (χ3n) is 2.82. The van der Waals surface area contributed by atoms with Gasteiger partial charge in [-0.25, -0.2) is 0 Å². The van der Waals surface area contributed by atoms with E-state index in [-0.39, 0.29) is 13.2 Å².